The second-order valence-electron chi connectivity index (χ2n) is 3.11. The number of halogens is 1. The van der Waals surface area contributed by atoms with E-state index in [1.165, 1.54) is 0 Å². The molecule has 5 heteroatoms. The van der Waals surface area contributed by atoms with Crippen LogP contribution < -0.4 is 5.32 Å². The molecule has 0 spiro atoms. The van der Waals surface area contributed by atoms with Gasteiger partial charge in [0.05, 0.1) is 0 Å². The minimum absolute atomic E-state index is 0. The first kappa shape index (κ1) is 11.1. The smallest absolute Gasteiger partial charge is 0.322 e. The second-order valence-corrected chi connectivity index (χ2v) is 3.11. The van der Waals surface area contributed by atoms with Crippen molar-refractivity contribution in [3.05, 3.63) is 24.5 Å². The predicted molar refractivity (Wildman–Crippen MR) is 56.9 cm³/mol. The van der Waals surface area contributed by atoms with Gasteiger partial charge in [-0.3, -0.25) is 4.57 Å². The highest BCUT2D eigenvalue weighted by molar-refractivity contribution is 5.85. The number of aromatic nitrogens is 1. The molecule has 1 aromatic heterocycles. The van der Waals surface area contributed by atoms with Gasteiger partial charge in [0.2, 0.25) is 0 Å². The average Bonchev–Trinajstić information content (AvgIpc) is 2.71. The Balaban J connectivity index is 0.000000980. The van der Waals surface area contributed by atoms with Gasteiger partial charge in [-0.25, -0.2) is 4.79 Å². The van der Waals surface area contributed by atoms with E-state index in [-0.39, 0.29) is 18.4 Å². The number of hydrogen-bond acceptors (Lipinski definition) is 2. The summed E-state index contributed by atoms with van der Waals surface area (Å²) in [6.07, 6.45) is 3.56. The van der Waals surface area contributed by atoms with Crippen LogP contribution in [0.3, 0.4) is 0 Å². The number of hydrogen-bond donors (Lipinski definition) is 1. The van der Waals surface area contributed by atoms with Gasteiger partial charge in [-0.1, -0.05) is 0 Å². The molecule has 0 radical (unpaired) electrons. The van der Waals surface area contributed by atoms with Crippen LogP contribution in [0.15, 0.2) is 24.5 Å². The van der Waals surface area contributed by atoms with Crippen molar-refractivity contribution in [1.82, 2.24) is 14.8 Å². The van der Waals surface area contributed by atoms with Gasteiger partial charge >= 0.3 is 6.03 Å². The van der Waals surface area contributed by atoms with Gasteiger partial charge in [-0.05, 0) is 12.1 Å². The molecular weight excluding hydrogens is 202 g/mol. The molecule has 14 heavy (non-hydrogen) atoms. The lowest BCUT2D eigenvalue weighted by atomic mass is 10.4. The lowest BCUT2D eigenvalue weighted by Crippen LogP contribution is -2.47. The second kappa shape index (κ2) is 5.02. The molecule has 0 aromatic carbocycles. The summed E-state index contributed by atoms with van der Waals surface area (Å²) in [5.41, 5.74) is 0. The zero-order chi connectivity index (χ0) is 9.10. The van der Waals surface area contributed by atoms with Gasteiger partial charge in [0.25, 0.3) is 0 Å². The molecule has 1 aromatic rings. The lowest BCUT2D eigenvalue weighted by molar-refractivity contribution is 0.192. The van der Waals surface area contributed by atoms with Gasteiger partial charge in [0, 0.05) is 38.6 Å². The summed E-state index contributed by atoms with van der Waals surface area (Å²) in [7, 11) is 0. The van der Waals surface area contributed by atoms with Gasteiger partial charge in [-0.15, -0.1) is 12.4 Å². The number of amides is 1. The highest BCUT2D eigenvalue weighted by Crippen LogP contribution is 1.99. The Morgan fingerprint density at radius 2 is 1.71 bits per heavy atom. The van der Waals surface area contributed by atoms with E-state index < -0.39 is 0 Å². The van der Waals surface area contributed by atoms with Crippen molar-refractivity contribution in [3.8, 4) is 0 Å². The molecule has 0 saturated carbocycles. The van der Waals surface area contributed by atoms with Gasteiger partial charge in [0.1, 0.15) is 0 Å². The van der Waals surface area contributed by atoms with E-state index in [9.17, 15) is 4.79 Å². The molecular formula is C9H14ClN3O. The van der Waals surface area contributed by atoms with E-state index in [0.29, 0.717) is 0 Å². The van der Waals surface area contributed by atoms with E-state index in [2.05, 4.69) is 5.32 Å². The van der Waals surface area contributed by atoms with Gasteiger partial charge in [0.15, 0.2) is 0 Å². The van der Waals surface area contributed by atoms with E-state index in [0.717, 1.165) is 26.2 Å². The van der Waals surface area contributed by atoms with Crippen LogP contribution in [0.4, 0.5) is 4.79 Å². The molecule has 1 fully saturated rings. The van der Waals surface area contributed by atoms with Crippen LogP contribution in [-0.4, -0.2) is 41.7 Å². The van der Waals surface area contributed by atoms with Crippen molar-refractivity contribution >= 4 is 18.4 Å². The summed E-state index contributed by atoms with van der Waals surface area (Å²) in [6, 6.07) is 3.80. The molecule has 1 saturated heterocycles. The van der Waals surface area contributed by atoms with Crippen molar-refractivity contribution in [2.24, 2.45) is 0 Å². The Hall–Kier alpha value is -1.00. The first-order valence-corrected chi connectivity index (χ1v) is 4.51. The molecule has 1 N–H and O–H groups in total. The topological polar surface area (TPSA) is 37.3 Å². The van der Waals surface area contributed by atoms with Gasteiger partial charge in [-0.2, -0.15) is 0 Å². The minimum Gasteiger partial charge on any atom is -0.322 e. The maximum absolute atomic E-state index is 11.7. The van der Waals surface area contributed by atoms with Crippen molar-refractivity contribution in [2.45, 2.75) is 0 Å². The summed E-state index contributed by atoms with van der Waals surface area (Å²) in [6.45, 7) is 3.40. The highest BCUT2D eigenvalue weighted by atomic mass is 35.5. The zero-order valence-electron chi connectivity index (χ0n) is 7.85. The molecule has 2 heterocycles. The Labute approximate surface area is 89.3 Å². The normalized spacial score (nSPS) is 16.1. The number of nitrogens with one attached hydrogen (secondary N) is 1. The van der Waals surface area contributed by atoms with Crippen LogP contribution in [0.25, 0.3) is 0 Å². The fourth-order valence-corrected chi connectivity index (χ4v) is 1.48. The Morgan fingerprint density at radius 1 is 1.14 bits per heavy atom. The van der Waals surface area contributed by atoms with Crippen LogP contribution in [0.5, 0.6) is 0 Å². The predicted octanol–water partition coefficient (Wildman–Crippen LogP) is 0.783. The first-order chi connectivity index (χ1) is 6.38. The van der Waals surface area contributed by atoms with Crippen LogP contribution in [-0.2, 0) is 0 Å². The number of nitrogens with zero attached hydrogens (tertiary/aromatic N) is 2. The van der Waals surface area contributed by atoms with E-state index in [1.807, 2.05) is 17.0 Å². The van der Waals surface area contributed by atoms with Crippen LogP contribution in [0.1, 0.15) is 0 Å². The number of piperazine rings is 1. The summed E-state index contributed by atoms with van der Waals surface area (Å²) in [5, 5.41) is 3.21. The molecule has 1 amide bonds. The van der Waals surface area contributed by atoms with Crippen LogP contribution in [0.2, 0.25) is 0 Å². The largest absolute Gasteiger partial charge is 0.328 e. The Morgan fingerprint density at radius 3 is 2.29 bits per heavy atom. The SMILES string of the molecule is Cl.O=C(N1CCNCC1)n1cccc1. The Kier molecular flexibility index (Phi) is 3.98. The van der Waals surface area contributed by atoms with Crippen molar-refractivity contribution in [3.63, 3.8) is 0 Å². The molecule has 0 aliphatic carbocycles. The fraction of sp³-hybridized carbons (Fsp3) is 0.444. The summed E-state index contributed by atoms with van der Waals surface area (Å²) < 4.78 is 1.62. The standard InChI is InChI=1S/C9H13N3O.ClH/c13-9(11-5-1-2-6-11)12-7-3-10-4-8-12;/h1-2,5-6,10H,3-4,7-8H2;1H. The molecule has 78 valence electrons. The third-order valence-electron chi connectivity index (χ3n) is 2.21. The molecule has 1 aliphatic heterocycles. The maximum Gasteiger partial charge on any atom is 0.328 e. The molecule has 1 aliphatic rings. The minimum atomic E-state index is 0. The maximum atomic E-state index is 11.7. The molecule has 2 rings (SSSR count). The molecule has 0 bridgehead atoms. The fourth-order valence-electron chi connectivity index (χ4n) is 1.48. The van der Waals surface area contributed by atoms with Crippen molar-refractivity contribution in [1.29, 1.82) is 0 Å². The number of rotatable bonds is 0. The van der Waals surface area contributed by atoms with E-state index >= 15 is 0 Å². The van der Waals surface area contributed by atoms with Crippen LogP contribution >= 0.6 is 12.4 Å². The zero-order valence-corrected chi connectivity index (χ0v) is 8.67. The third-order valence-corrected chi connectivity index (χ3v) is 2.21. The monoisotopic (exact) mass is 215 g/mol. The number of carbonyl (C=O) groups excluding carboxylic acids is 1. The third kappa shape index (κ3) is 2.27. The lowest BCUT2D eigenvalue weighted by Gasteiger charge is -2.27. The highest BCUT2D eigenvalue weighted by Gasteiger charge is 2.16. The molecule has 4 nitrogen and oxygen atoms in total. The van der Waals surface area contributed by atoms with Gasteiger partial charge < -0.3 is 10.2 Å². The first-order valence-electron chi connectivity index (χ1n) is 4.51. The summed E-state index contributed by atoms with van der Waals surface area (Å²) >= 11 is 0. The number of carbonyl (C=O) groups is 1. The Bertz CT molecular complexity index is 280. The average molecular weight is 216 g/mol. The quantitative estimate of drug-likeness (QED) is 0.695. The molecule has 0 unspecified atom stereocenters. The summed E-state index contributed by atoms with van der Waals surface area (Å²) in [4.78, 5) is 13.6. The van der Waals surface area contributed by atoms with E-state index in [1.54, 1.807) is 17.0 Å². The summed E-state index contributed by atoms with van der Waals surface area (Å²) in [5.74, 6) is 0. The van der Waals surface area contributed by atoms with Crippen LogP contribution in [0, 0.1) is 0 Å². The van der Waals surface area contributed by atoms with Crippen molar-refractivity contribution in [2.75, 3.05) is 26.2 Å². The van der Waals surface area contributed by atoms with Crippen molar-refractivity contribution < 1.29 is 4.79 Å². The molecule has 0 atom stereocenters. The van der Waals surface area contributed by atoms with E-state index in [4.69, 9.17) is 0 Å².